The van der Waals surface area contributed by atoms with Crippen molar-refractivity contribution >= 4 is 17.7 Å². The van der Waals surface area contributed by atoms with E-state index in [9.17, 15) is 9.90 Å². The van der Waals surface area contributed by atoms with Gasteiger partial charge < -0.3 is 24.5 Å². The number of amides is 1. The van der Waals surface area contributed by atoms with Gasteiger partial charge in [0.1, 0.15) is 0 Å². The van der Waals surface area contributed by atoms with E-state index >= 15 is 0 Å². The predicted octanol–water partition coefficient (Wildman–Crippen LogP) is 6.24. The van der Waals surface area contributed by atoms with Gasteiger partial charge in [-0.05, 0) is 46.0 Å². The lowest BCUT2D eigenvalue weighted by molar-refractivity contribution is -0.245. The zero-order chi connectivity index (χ0) is 30.3. The van der Waals surface area contributed by atoms with Crippen LogP contribution in [0, 0.1) is 0 Å². The molecule has 0 aliphatic carbocycles. The van der Waals surface area contributed by atoms with Gasteiger partial charge in [-0.15, -0.1) is 0 Å². The number of pyridine rings is 1. The van der Waals surface area contributed by atoms with Gasteiger partial charge in [-0.1, -0.05) is 78.5 Å². The molecule has 0 bridgehead atoms. The molecule has 5 aromatic rings. The van der Waals surface area contributed by atoms with Gasteiger partial charge in [-0.3, -0.25) is 9.78 Å². The van der Waals surface area contributed by atoms with Crippen molar-refractivity contribution in [2.45, 2.75) is 43.2 Å². The Bertz CT molecular complexity index is 1680. The fourth-order valence-electron chi connectivity index (χ4n) is 5.16. The summed E-state index contributed by atoms with van der Waals surface area (Å²) in [5.41, 5.74) is 6.53. The Balaban J connectivity index is 1.16. The van der Waals surface area contributed by atoms with Crippen LogP contribution in [0.5, 0.6) is 0 Å². The number of hydrogen-bond acceptors (Lipinski definition) is 7. The van der Waals surface area contributed by atoms with Gasteiger partial charge in [0.2, 0.25) is 0 Å². The van der Waals surface area contributed by atoms with Gasteiger partial charge in [-0.25, -0.2) is 4.98 Å². The SMILES string of the molecule is Cn1ccnc1SC[C@H]1C[C@@H](c2ccc(CO)cc2)O[C@@H](c2ccc(-c3cccc(CNC(=O)c4cccnc4)c3)cc2)O1. The number of benzene rings is 3. The van der Waals surface area contributed by atoms with Crippen LogP contribution in [0.4, 0.5) is 0 Å². The molecule has 2 aromatic heterocycles. The lowest BCUT2D eigenvalue weighted by Crippen LogP contribution is -2.31. The van der Waals surface area contributed by atoms with Crippen LogP contribution in [0.25, 0.3) is 11.1 Å². The van der Waals surface area contributed by atoms with E-state index in [2.05, 4.69) is 51.7 Å². The van der Waals surface area contributed by atoms with Crippen LogP contribution in [-0.2, 0) is 29.7 Å². The van der Waals surface area contributed by atoms with Crippen LogP contribution in [0.1, 0.15) is 51.4 Å². The van der Waals surface area contributed by atoms with Gasteiger partial charge >= 0.3 is 0 Å². The summed E-state index contributed by atoms with van der Waals surface area (Å²) >= 11 is 1.68. The number of ether oxygens (including phenoxy) is 2. The monoisotopic (exact) mass is 606 g/mol. The molecule has 44 heavy (non-hydrogen) atoms. The fraction of sp³-hybridized carbons (Fsp3) is 0.229. The summed E-state index contributed by atoms with van der Waals surface area (Å²) in [6, 6.07) is 27.8. The maximum absolute atomic E-state index is 12.5. The maximum Gasteiger partial charge on any atom is 0.253 e. The minimum Gasteiger partial charge on any atom is -0.392 e. The van der Waals surface area contributed by atoms with Crippen molar-refractivity contribution in [3.05, 3.63) is 138 Å². The predicted molar refractivity (Wildman–Crippen MR) is 170 cm³/mol. The molecule has 3 heterocycles. The van der Waals surface area contributed by atoms with Gasteiger partial charge in [-0.2, -0.15) is 0 Å². The second-order valence-corrected chi connectivity index (χ2v) is 11.7. The van der Waals surface area contributed by atoms with E-state index in [4.69, 9.17) is 9.47 Å². The molecule has 1 aliphatic rings. The zero-order valence-electron chi connectivity index (χ0n) is 24.4. The van der Waals surface area contributed by atoms with Gasteiger partial charge in [0, 0.05) is 56.1 Å². The van der Waals surface area contributed by atoms with Crippen LogP contribution in [0.2, 0.25) is 0 Å². The van der Waals surface area contributed by atoms with Crippen molar-refractivity contribution in [3.63, 3.8) is 0 Å². The van der Waals surface area contributed by atoms with Gasteiger partial charge in [0.25, 0.3) is 5.91 Å². The Labute approximate surface area is 261 Å². The number of nitrogens with zero attached hydrogens (tertiary/aromatic N) is 3. The Hall–Kier alpha value is -4.28. The highest BCUT2D eigenvalue weighted by Gasteiger charge is 2.32. The van der Waals surface area contributed by atoms with Crippen molar-refractivity contribution in [2.75, 3.05) is 5.75 Å². The van der Waals surface area contributed by atoms with Crippen molar-refractivity contribution in [1.29, 1.82) is 0 Å². The van der Waals surface area contributed by atoms with Gasteiger partial charge in [0.05, 0.1) is 24.4 Å². The highest BCUT2D eigenvalue weighted by atomic mass is 32.2. The molecule has 3 atom stereocenters. The van der Waals surface area contributed by atoms with E-state index in [0.717, 1.165) is 44.3 Å². The summed E-state index contributed by atoms with van der Waals surface area (Å²) in [5, 5.41) is 13.4. The third-order valence-electron chi connectivity index (χ3n) is 7.61. The standard InChI is InChI=1S/C35H34N4O4S/c1-39-17-16-37-35(39)44-23-31-19-32(27-9-7-24(22-40)8-10-27)43-34(42-31)28-13-11-26(12-14-28)29-5-2-4-25(18-29)20-38-33(41)30-6-3-15-36-21-30/h2-18,21,31-32,34,40H,19-20,22-23H2,1H3,(H,38,41)/t31-,32+,34+/m1/s1. The first-order valence-corrected chi connectivity index (χ1v) is 15.5. The molecule has 6 rings (SSSR count). The van der Waals surface area contributed by atoms with E-state index in [1.165, 1.54) is 0 Å². The molecule has 0 unspecified atom stereocenters. The highest BCUT2D eigenvalue weighted by Crippen LogP contribution is 2.39. The van der Waals surface area contributed by atoms with Crippen molar-refractivity contribution in [2.24, 2.45) is 7.05 Å². The number of carbonyl (C=O) groups excluding carboxylic acids is 1. The molecule has 224 valence electrons. The Morgan fingerprint density at radius 1 is 0.955 bits per heavy atom. The molecule has 0 saturated carbocycles. The molecule has 0 radical (unpaired) electrons. The summed E-state index contributed by atoms with van der Waals surface area (Å²) in [7, 11) is 1.99. The van der Waals surface area contributed by atoms with Crippen LogP contribution in [-0.4, -0.2) is 37.4 Å². The Morgan fingerprint density at radius 2 is 1.77 bits per heavy atom. The van der Waals surface area contributed by atoms with E-state index in [1.54, 1.807) is 42.5 Å². The molecule has 1 aliphatic heterocycles. The molecule has 2 N–H and O–H groups in total. The maximum atomic E-state index is 12.5. The third-order valence-corrected chi connectivity index (χ3v) is 8.80. The minimum atomic E-state index is -0.527. The third kappa shape index (κ3) is 7.26. The summed E-state index contributed by atoms with van der Waals surface area (Å²) in [6.07, 6.45) is 6.95. The molecular formula is C35H34N4O4S. The van der Waals surface area contributed by atoms with E-state index < -0.39 is 6.29 Å². The Morgan fingerprint density at radius 3 is 2.50 bits per heavy atom. The largest absolute Gasteiger partial charge is 0.392 e. The average Bonchev–Trinajstić information content (AvgIpc) is 3.51. The van der Waals surface area contributed by atoms with Crippen LogP contribution in [0.15, 0.2) is 115 Å². The van der Waals surface area contributed by atoms with E-state index in [1.807, 2.05) is 54.2 Å². The fourth-order valence-corrected chi connectivity index (χ4v) is 6.11. The quantitative estimate of drug-likeness (QED) is 0.182. The molecule has 1 amide bonds. The first-order chi connectivity index (χ1) is 21.6. The topological polar surface area (TPSA) is 98.5 Å². The van der Waals surface area contributed by atoms with Crippen LogP contribution < -0.4 is 5.32 Å². The number of hydrogen-bond donors (Lipinski definition) is 2. The van der Waals surface area contributed by atoms with Crippen molar-refractivity contribution < 1.29 is 19.4 Å². The number of aliphatic hydroxyl groups excluding tert-OH is 1. The normalized spacial score (nSPS) is 18.2. The van der Waals surface area contributed by atoms with Crippen molar-refractivity contribution in [1.82, 2.24) is 19.9 Å². The first kappa shape index (κ1) is 29.8. The zero-order valence-corrected chi connectivity index (χ0v) is 25.2. The number of aliphatic hydroxyl groups is 1. The number of thioether (sulfide) groups is 1. The number of carbonyl (C=O) groups is 1. The molecule has 3 aromatic carbocycles. The smallest absolute Gasteiger partial charge is 0.253 e. The summed E-state index contributed by atoms with van der Waals surface area (Å²) in [4.78, 5) is 20.9. The lowest BCUT2D eigenvalue weighted by atomic mass is 9.99. The molecule has 1 fully saturated rings. The number of aromatic nitrogens is 3. The minimum absolute atomic E-state index is 0.00969. The number of imidazole rings is 1. The van der Waals surface area contributed by atoms with Crippen LogP contribution in [0.3, 0.4) is 0 Å². The van der Waals surface area contributed by atoms with Gasteiger partial charge in [0.15, 0.2) is 11.4 Å². The summed E-state index contributed by atoms with van der Waals surface area (Å²) < 4.78 is 15.0. The summed E-state index contributed by atoms with van der Waals surface area (Å²) in [5.74, 6) is 0.595. The van der Waals surface area contributed by atoms with Crippen LogP contribution >= 0.6 is 11.8 Å². The number of rotatable bonds is 10. The molecule has 0 spiro atoms. The lowest BCUT2D eigenvalue weighted by Gasteiger charge is -2.36. The highest BCUT2D eigenvalue weighted by molar-refractivity contribution is 7.99. The molecule has 8 nitrogen and oxygen atoms in total. The molecule has 9 heteroatoms. The Kier molecular flexibility index (Phi) is 9.48. The van der Waals surface area contributed by atoms with Crippen molar-refractivity contribution in [3.8, 4) is 11.1 Å². The number of aryl methyl sites for hydroxylation is 1. The summed E-state index contributed by atoms with van der Waals surface area (Å²) in [6.45, 7) is 0.428. The number of nitrogens with one attached hydrogen (secondary N) is 1. The second-order valence-electron chi connectivity index (χ2n) is 10.7. The average molecular weight is 607 g/mol. The van der Waals surface area contributed by atoms with E-state index in [0.29, 0.717) is 18.5 Å². The first-order valence-electron chi connectivity index (χ1n) is 14.5. The molecular weight excluding hydrogens is 572 g/mol. The van der Waals surface area contributed by atoms with E-state index in [-0.39, 0.29) is 24.7 Å². The molecule has 1 saturated heterocycles. The second kappa shape index (κ2) is 14.0.